The van der Waals surface area contributed by atoms with E-state index in [0.29, 0.717) is 18.4 Å². The quantitative estimate of drug-likeness (QED) is 0.413. The van der Waals surface area contributed by atoms with Gasteiger partial charge in [-0.3, -0.25) is 4.98 Å². The fraction of sp³-hybridized carbons (Fsp3) is 0.280. The molecule has 5 aromatic rings. The molecular formula is C25H24N8. The van der Waals surface area contributed by atoms with Gasteiger partial charge in [0.25, 0.3) is 0 Å². The second-order valence-corrected chi connectivity index (χ2v) is 8.63. The van der Waals surface area contributed by atoms with Crippen molar-refractivity contribution in [1.82, 2.24) is 39.3 Å². The van der Waals surface area contributed by atoms with Gasteiger partial charge < -0.3 is 4.57 Å². The lowest BCUT2D eigenvalue weighted by Gasteiger charge is -2.10. The van der Waals surface area contributed by atoms with Crippen LogP contribution in [0.2, 0.25) is 0 Å². The summed E-state index contributed by atoms with van der Waals surface area (Å²) in [5.41, 5.74) is 4.21. The zero-order valence-electron chi connectivity index (χ0n) is 18.8. The van der Waals surface area contributed by atoms with Crippen LogP contribution in [0.1, 0.15) is 52.9 Å². The van der Waals surface area contributed by atoms with Crippen molar-refractivity contribution in [2.45, 2.75) is 45.6 Å². The number of hydrogen-bond donors (Lipinski definition) is 0. The molecule has 0 N–H and O–H groups in total. The maximum Gasteiger partial charge on any atom is 0.159 e. The summed E-state index contributed by atoms with van der Waals surface area (Å²) in [4.78, 5) is 23.4. The van der Waals surface area contributed by atoms with E-state index in [0.717, 1.165) is 58.0 Å². The summed E-state index contributed by atoms with van der Waals surface area (Å²) in [6.07, 6.45) is 2.85. The van der Waals surface area contributed by atoms with Gasteiger partial charge in [-0.25, -0.2) is 19.9 Å². The number of imidazole rings is 1. The van der Waals surface area contributed by atoms with Gasteiger partial charge in [-0.05, 0) is 51.5 Å². The predicted octanol–water partition coefficient (Wildman–Crippen LogP) is 4.05. The molecule has 33 heavy (non-hydrogen) atoms. The molecule has 0 amide bonds. The molecule has 0 radical (unpaired) electrons. The Hall–Kier alpha value is -3.94. The highest BCUT2D eigenvalue weighted by molar-refractivity contribution is 5.76. The molecule has 1 saturated carbocycles. The molecule has 1 aromatic carbocycles. The van der Waals surface area contributed by atoms with E-state index in [1.54, 1.807) is 4.68 Å². The first-order valence-corrected chi connectivity index (χ1v) is 11.2. The summed E-state index contributed by atoms with van der Waals surface area (Å²) in [5.74, 6) is 4.76. The summed E-state index contributed by atoms with van der Waals surface area (Å²) in [7, 11) is 0. The van der Waals surface area contributed by atoms with E-state index in [1.807, 2.05) is 51.2 Å². The Kier molecular flexibility index (Phi) is 4.53. The topological polar surface area (TPSA) is 87.2 Å². The van der Waals surface area contributed by atoms with Crippen molar-refractivity contribution in [2.75, 3.05) is 0 Å². The van der Waals surface area contributed by atoms with Crippen LogP contribution in [-0.2, 0) is 6.54 Å². The van der Waals surface area contributed by atoms with Crippen molar-refractivity contribution < 1.29 is 0 Å². The van der Waals surface area contributed by atoms with E-state index < -0.39 is 0 Å². The van der Waals surface area contributed by atoms with Gasteiger partial charge in [0.15, 0.2) is 5.82 Å². The summed E-state index contributed by atoms with van der Waals surface area (Å²) in [6, 6.07) is 16.4. The standard InChI is InChI=1S/C25H24N8/c1-15-28-22(13-24(29-15)33-17(3)27-16(2)31-33)19-12-20(19)25-30-21-9-4-5-10-23(21)32(25)14-18-8-6-7-11-26-18/h4-11,13,19-20H,12,14H2,1-3H3/t19-,20-/m1/s1. The molecule has 8 nitrogen and oxygen atoms in total. The average Bonchev–Trinajstić information content (AvgIpc) is 3.43. The number of aromatic nitrogens is 8. The molecule has 4 heterocycles. The van der Waals surface area contributed by atoms with Crippen LogP contribution in [0.25, 0.3) is 16.9 Å². The molecule has 4 aromatic heterocycles. The molecule has 164 valence electrons. The van der Waals surface area contributed by atoms with Gasteiger partial charge in [0.2, 0.25) is 0 Å². The lowest BCUT2D eigenvalue weighted by Crippen LogP contribution is -2.08. The van der Waals surface area contributed by atoms with Crippen LogP contribution in [0.3, 0.4) is 0 Å². The van der Waals surface area contributed by atoms with Crippen LogP contribution >= 0.6 is 0 Å². The first-order valence-electron chi connectivity index (χ1n) is 11.2. The van der Waals surface area contributed by atoms with Gasteiger partial charge in [-0.2, -0.15) is 4.68 Å². The average molecular weight is 437 g/mol. The van der Waals surface area contributed by atoms with E-state index in [2.05, 4.69) is 48.9 Å². The van der Waals surface area contributed by atoms with Gasteiger partial charge in [0.1, 0.15) is 23.3 Å². The van der Waals surface area contributed by atoms with Gasteiger partial charge in [0.05, 0.1) is 29.0 Å². The third kappa shape index (κ3) is 3.57. The molecule has 1 aliphatic rings. The fourth-order valence-corrected chi connectivity index (χ4v) is 4.62. The second kappa shape index (κ2) is 7.58. The van der Waals surface area contributed by atoms with E-state index in [9.17, 15) is 0 Å². The number of hydrogen-bond acceptors (Lipinski definition) is 6. The first kappa shape index (κ1) is 19.7. The third-order valence-corrected chi connectivity index (χ3v) is 6.17. The van der Waals surface area contributed by atoms with Crippen molar-refractivity contribution in [2.24, 2.45) is 0 Å². The largest absolute Gasteiger partial charge is 0.322 e. The Balaban J connectivity index is 1.37. The second-order valence-electron chi connectivity index (χ2n) is 8.63. The Morgan fingerprint density at radius 1 is 0.879 bits per heavy atom. The van der Waals surface area contributed by atoms with Crippen molar-refractivity contribution in [1.29, 1.82) is 0 Å². The van der Waals surface area contributed by atoms with E-state index in [4.69, 9.17) is 9.97 Å². The summed E-state index contributed by atoms with van der Waals surface area (Å²) in [5, 5.41) is 4.50. The zero-order valence-corrected chi connectivity index (χ0v) is 18.8. The van der Waals surface area contributed by atoms with Crippen molar-refractivity contribution in [3.63, 3.8) is 0 Å². The number of fused-ring (bicyclic) bond motifs is 1. The number of benzene rings is 1. The van der Waals surface area contributed by atoms with Crippen LogP contribution in [-0.4, -0.2) is 39.3 Å². The molecule has 0 aliphatic heterocycles. The minimum absolute atomic E-state index is 0.301. The number of rotatable bonds is 5. The van der Waals surface area contributed by atoms with Crippen molar-refractivity contribution in [3.8, 4) is 5.82 Å². The van der Waals surface area contributed by atoms with Gasteiger partial charge in [-0.1, -0.05) is 18.2 Å². The molecule has 1 fully saturated rings. The van der Waals surface area contributed by atoms with Crippen LogP contribution < -0.4 is 0 Å². The summed E-state index contributed by atoms with van der Waals surface area (Å²) < 4.78 is 4.10. The molecule has 2 atom stereocenters. The lowest BCUT2D eigenvalue weighted by atomic mass is 10.2. The van der Waals surface area contributed by atoms with Crippen LogP contribution in [0.5, 0.6) is 0 Å². The van der Waals surface area contributed by atoms with E-state index in [-0.39, 0.29) is 0 Å². The molecular weight excluding hydrogens is 412 g/mol. The normalized spacial score (nSPS) is 17.5. The fourth-order valence-electron chi connectivity index (χ4n) is 4.62. The van der Waals surface area contributed by atoms with Gasteiger partial charge in [0, 0.05) is 24.1 Å². The zero-order chi connectivity index (χ0) is 22.5. The van der Waals surface area contributed by atoms with E-state index >= 15 is 0 Å². The number of para-hydroxylation sites is 2. The summed E-state index contributed by atoms with van der Waals surface area (Å²) >= 11 is 0. The minimum Gasteiger partial charge on any atom is -0.322 e. The molecule has 0 saturated heterocycles. The SMILES string of the molecule is Cc1nc([C@@H]2C[C@H]2c2nc3ccccc3n2Cc2ccccn2)cc(-n2nc(C)nc2C)n1. The molecule has 8 heteroatoms. The number of nitrogens with zero attached hydrogens (tertiary/aromatic N) is 8. The smallest absolute Gasteiger partial charge is 0.159 e. The van der Waals surface area contributed by atoms with Crippen molar-refractivity contribution in [3.05, 3.63) is 89.4 Å². The molecule has 6 rings (SSSR count). The Morgan fingerprint density at radius 3 is 2.52 bits per heavy atom. The third-order valence-electron chi connectivity index (χ3n) is 6.17. The number of aryl methyl sites for hydroxylation is 3. The van der Waals surface area contributed by atoms with Crippen molar-refractivity contribution >= 4 is 11.0 Å². The lowest BCUT2D eigenvalue weighted by molar-refractivity contribution is 0.719. The highest BCUT2D eigenvalue weighted by Gasteiger charge is 2.44. The number of pyridine rings is 1. The highest BCUT2D eigenvalue weighted by atomic mass is 15.4. The van der Waals surface area contributed by atoms with Crippen LogP contribution in [0.15, 0.2) is 54.7 Å². The Bertz CT molecular complexity index is 1470. The molecule has 0 unspecified atom stereocenters. The van der Waals surface area contributed by atoms with E-state index in [1.165, 1.54) is 0 Å². The highest BCUT2D eigenvalue weighted by Crippen LogP contribution is 2.54. The first-order chi connectivity index (χ1) is 16.1. The Labute approximate surface area is 191 Å². The maximum absolute atomic E-state index is 5.03. The monoisotopic (exact) mass is 436 g/mol. The Morgan fingerprint density at radius 2 is 1.73 bits per heavy atom. The summed E-state index contributed by atoms with van der Waals surface area (Å²) in [6.45, 7) is 6.46. The molecule has 1 aliphatic carbocycles. The van der Waals surface area contributed by atoms with Gasteiger partial charge >= 0.3 is 0 Å². The van der Waals surface area contributed by atoms with Gasteiger partial charge in [-0.15, -0.1) is 5.10 Å². The maximum atomic E-state index is 5.03. The molecule has 0 bridgehead atoms. The predicted molar refractivity (Wildman–Crippen MR) is 124 cm³/mol. The molecule has 0 spiro atoms. The van der Waals surface area contributed by atoms with Crippen LogP contribution in [0.4, 0.5) is 0 Å². The minimum atomic E-state index is 0.301. The van der Waals surface area contributed by atoms with Crippen LogP contribution in [0, 0.1) is 20.8 Å².